The first-order chi connectivity index (χ1) is 10.0. The van der Waals surface area contributed by atoms with Crippen LogP contribution in [-0.4, -0.2) is 45.9 Å². The molecule has 6 nitrogen and oxygen atoms in total. The first kappa shape index (κ1) is 15.8. The van der Waals surface area contributed by atoms with Gasteiger partial charge in [-0.3, -0.25) is 5.10 Å². The summed E-state index contributed by atoms with van der Waals surface area (Å²) in [6, 6.07) is 2.08. The maximum absolute atomic E-state index is 10.5. The second kappa shape index (κ2) is 6.92. The zero-order chi connectivity index (χ0) is 15.3. The van der Waals surface area contributed by atoms with Crippen LogP contribution in [0.15, 0.2) is 0 Å². The van der Waals surface area contributed by atoms with Crippen LogP contribution in [0, 0.1) is 11.3 Å². The van der Waals surface area contributed by atoms with Crippen LogP contribution in [0.3, 0.4) is 0 Å². The van der Waals surface area contributed by atoms with E-state index in [1.165, 1.54) is 6.42 Å². The lowest BCUT2D eigenvalue weighted by atomic mass is 9.84. The van der Waals surface area contributed by atoms with Crippen molar-refractivity contribution in [1.29, 1.82) is 5.26 Å². The average molecular weight is 291 g/mol. The van der Waals surface area contributed by atoms with Gasteiger partial charge in [0.1, 0.15) is 11.6 Å². The molecule has 0 aliphatic heterocycles. The van der Waals surface area contributed by atoms with Gasteiger partial charge >= 0.3 is 0 Å². The number of nitrogens with two attached hydrogens (primary N) is 1. The zero-order valence-corrected chi connectivity index (χ0v) is 12.7. The minimum Gasteiger partial charge on any atom is -0.389 e. The van der Waals surface area contributed by atoms with Crippen LogP contribution in [0.25, 0.3) is 0 Å². The van der Waals surface area contributed by atoms with Gasteiger partial charge in [0.2, 0.25) is 0 Å². The summed E-state index contributed by atoms with van der Waals surface area (Å²) in [5.74, 6) is 0.275. The van der Waals surface area contributed by atoms with Crippen molar-refractivity contribution in [3.05, 3.63) is 11.3 Å². The lowest BCUT2D eigenvalue weighted by Gasteiger charge is -2.35. The van der Waals surface area contributed by atoms with Crippen LogP contribution in [-0.2, 0) is 6.42 Å². The van der Waals surface area contributed by atoms with Crippen LogP contribution >= 0.6 is 0 Å². The first-order valence-corrected chi connectivity index (χ1v) is 7.68. The Morgan fingerprint density at radius 1 is 1.43 bits per heavy atom. The van der Waals surface area contributed by atoms with E-state index in [2.05, 4.69) is 21.2 Å². The van der Waals surface area contributed by atoms with E-state index in [9.17, 15) is 5.11 Å². The average Bonchev–Trinajstić information content (AvgIpc) is 2.79. The molecule has 0 radical (unpaired) electrons. The molecule has 6 heteroatoms. The number of hydrogen-bond donors (Lipinski definition) is 3. The fourth-order valence-electron chi connectivity index (χ4n) is 3.18. The molecule has 1 saturated carbocycles. The molecule has 0 atom stereocenters. The maximum atomic E-state index is 10.5. The minimum atomic E-state index is -0.511. The number of H-pyrrole nitrogens is 1. The van der Waals surface area contributed by atoms with Gasteiger partial charge in [-0.15, -0.1) is 0 Å². The second-order valence-electron chi connectivity index (χ2n) is 6.20. The number of nitrogens with one attached hydrogen (secondary N) is 1. The highest BCUT2D eigenvalue weighted by molar-refractivity contribution is 5.50. The number of nitrogens with zero attached hydrogens (tertiary/aromatic N) is 3. The Morgan fingerprint density at radius 2 is 2.14 bits per heavy atom. The highest BCUT2D eigenvalue weighted by atomic mass is 16.3. The molecule has 21 heavy (non-hydrogen) atoms. The van der Waals surface area contributed by atoms with E-state index < -0.39 is 5.60 Å². The number of aliphatic hydroxyl groups is 1. The highest BCUT2D eigenvalue weighted by Gasteiger charge is 2.30. The quantitative estimate of drug-likeness (QED) is 0.735. The van der Waals surface area contributed by atoms with Crippen molar-refractivity contribution in [2.75, 3.05) is 25.9 Å². The Kier molecular flexibility index (Phi) is 5.21. The van der Waals surface area contributed by atoms with Crippen molar-refractivity contribution in [3.63, 3.8) is 0 Å². The molecule has 1 aliphatic rings. The topological polar surface area (TPSA) is 102 Å². The Balaban J connectivity index is 1.76. The summed E-state index contributed by atoms with van der Waals surface area (Å²) in [6.07, 6.45) is 6.97. The van der Waals surface area contributed by atoms with Crippen molar-refractivity contribution in [2.45, 2.75) is 50.5 Å². The third kappa shape index (κ3) is 4.19. The van der Waals surface area contributed by atoms with Crippen molar-refractivity contribution in [3.8, 4) is 6.07 Å². The molecule has 1 aromatic rings. The molecule has 0 aromatic carbocycles. The Morgan fingerprint density at radius 3 is 2.81 bits per heavy atom. The Labute approximate surface area is 125 Å². The number of hydrogen-bond acceptors (Lipinski definition) is 5. The molecule has 1 heterocycles. The number of nitrogen functional groups attached to an aromatic ring is 1. The van der Waals surface area contributed by atoms with Gasteiger partial charge in [0.25, 0.3) is 0 Å². The predicted molar refractivity (Wildman–Crippen MR) is 81.6 cm³/mol. The predicted octanol–water partition coefficient (Wildman–Crippen LogP) is 1.42. The summed E-state index contributed by atoms with van der Waals surface area (Å²) in [5, 5.41) is 26.2. The normalized spacial score (nSPS) is 17.8. The van der Waals surface area contributed by atoms with Crippen LogP contribution in [0.4, 0.5) is 5.82 Å². The fraction of sp³-hybridized carbons (Fsp3) is 0.733. The van der Waals surface area contributed by atoms with E-state index in [1.807, 2.05) is 7.05 Å². The number of aromatic amines is 1. The molecule has 0 saturated heterocycles. The van der Waals surface area contributed by atoms with Crippen molar-refractivity contribution in [1.82, 2.24) is 15.1 Å². The number of aryl methyl sites for hydroxylation is 1. The van der Waals surface area contributed by atoms with E-state index >= 15 is 0 Å². The van der Waals surface area contributed by atoms with E-state index in [-0.39, 0.29) is 5.82 Å². The first-order valence-electron chi connectivity index (χ1n) is 7.68. The number of aromatic nitrogens is 2. The molecule has 4 N–H and O–H groups in total. The number of anilines is 1. The molecule has 0 spiro atoms. The van der Waals surface area contributed by atoms with Gasteiger partial charge in [-0.1, -0.05) is 19.3 Å². The van der Waals surface area contributed by atoms with Gasteiger partial charge in [0.15, 0.2) is 5.82 Å². The molecule has 1 aromatic heterocycles. The molecule has 0 bridgehead atoms. The van der Waals surface area contributed by atoms with Gasteiger partial charge in [0.05, 0.1) is 11.3 Å². The van der Waals surface area contributed by atoms with E-state index in [1.54, 1.807) is 0 Å². The molecule has 116 valence electrons. The molecular weight excluding hydrogens is 266 g/mol. The third-order valence-electron chi connectivity index (χ3n) is 4.30. The molecule has 0 amide bonds. The molecule has 2 rings (SSSR count). The summed E-state index contributed by atoms with van der Waals surface area (Å²) >= 11 is 0. The van der Waals surface area contributed by atoms with Crippen LogP contribution < -0.4 is 5.73 Å². The Bertz CT molecular complexity index is 499. The lowest BCUT2D eigenvalue weighted by Crippen LogP contribution is -2.43. The smallest absolute Gasteiger partial charge is 0.163 e. The maximum Gasteiger partial charge on any atom is 0.163 e. The van der Waals surface area contributed by atoms with Crippen molar-refractivity contribution in [2.24, 2.45) is 0 Å². The van der Waals surface area contributed by atoms with Crippen LogP contribution in [0.1, 0.15) is 49.8 Å². The summed E-state index contributed by atoms with van der Waals surface area (Å²) < 4.78 is 0. The third-order valence-corrected chi connectivity index (χ3v) is 4.30. The highest BCUT2D eigenvalue weighted by Crippen LogP contribution is 2.28. The largest absolute Gasteiger partial charge is 0.389 e. The summed E-state index contributed by atoms with van der Waals surface area (Å²) in [7, 11) is 2.04. The summed E-state index contributed by atoms with van der Waals surface area (Å²) in [6.45, 7) is 1.61. The molecule has 1 aliphatic carbocycles. The van der Waals surface area contributed by atoms with E-state index in [0.29, 0.717) is 5.56 Å². The molecule has 1 fully saturated rings. The van der Waals surface area contributed by atoms with Crippen LogP contribution in [0.2, 0.25) is 0 Å². The second-order valence-corrected chi connectivity index (χ2v) is 6.20. The summed E-state index contributed by atoms with van der Waals surface area (Å²) in [5.41, 5.74) is 6.37. The van der Waals surface area contributed by atoms with Gasteiger partial charge < -0.3 is 15.7 Å². The van der Waals surface area contributed by atoms with E-state index in [0.717, 1.165) is 57.3 Å². The van der Waals surface area contributed by atoms with Gasteiger partial charge in [-0.25, -0.2) is 0 Å². The monoisotopic (exact) mass is 291 g/mol. The van der Waals surface area contributed by atoms with Crippen molar-refractivity contribution < 1.29 is 5.11 Å². The minimum absolute atomic E-state index is 0.275. The van der Waals surface area contributed by atoms with Crippen LogP contribution in [0.5, 0.6) is 0 Å². The standard InChI is InChI=1S/C15H25N5O/c1-20(11-15(21)7-3-2-4-8-15)9-5-6-13-12(10-16)14(17)19-18-13/h21H,2-9,11H2,1H3,(H3,17,18,19). The fourth-order valence-corrected chi connectivity index (χ4v) is 3.18. The number of nitriles is 1. The lowest BCUT2D eigenvalue weighted by molar-refractivity contribution is -0.0209. The van der Waals surface area contributed by atoms with Gasteiger partial charge in [-0.2, -0.15) is 10.4 Å². The number of rotatable bonds is 6. The summed E-state index contributed by atoms with van der Waals surface area (Å²) in [4.78, 5) is 2.18. The molecule has 0 unspecified atom stereocenters. The SMILES string of the molecule is CN(CCCc1[nH]nc(N)c1C#N)CC1(O)CCCCC1. The Hall–Kier alpha value is -1.58. The van der Waals surface area contributed by atoms with Gasteiger partial charge in [0, 0.05) is 6.54 Å². The van der Waals surface area contributed by atoms with E-state index in [4.69, 9.17) is 11.0 Å². The molecular formula is C15H25N5O. The van der Waals surface area contributed by atoms with Gasteiger partial charge in [-0.05, 0) is 39.3 Å². The van der Waals surface area contributed by atoms with Crippen molar-refractivity contribution >= 4 is 5.82 Å². The zero-order valence-electron chi connectivity index (χ0n) is 12.7. The number of likely N-dealkylation sites (N-methyl/N-ethyl adjacent to an activating group) is 1.